The lowest BCUT2D eigenvalue weighted by molar-refractivity contribution is 0.449. The zero-order chi connectivity index (χ0) is 11.1. The van der Waals surface area contributed by atoms with Gasteiger partial charge in [0.25, 0.3) is 5.56 Å². The van der Waals surface area contributed by atoms with Gasteiger partial charge in [0.1, 0.15) is 5.56 Å². The molecule has 0 amide bonds. The quantitative estimate of drug-likeness (QED) is 0.334. The van der Waals surface area contributed by atoms with Gasteiger partial charge in [0.05, 0.1) is 6.33 Å². The summed E-state index contributed by atoms with van der Waals surface area (Å²) in [6.45, 7) is 0.311. The number of aromatic nitrogens is 2. The van der Waals surface area contributed by atoms with Gasteiger partial charge >= 0.3 is 0 Å². The minimum absolute atomic E-state index is 0.0958. The van der Waals surface area contributed by atoms with Crippen molar-refractivity contribution in [1.29, 1.82) is 0 Å². The van der Waals surface area contributed by atoms with Crippen molar-refractivity contribution in [2.45, 2.75) is 6.42 Å². The molecule has 0 aliphatic rings. The SMILES string of the molecule is [N-]=[N+]=NCCC=Cc1c(O)nc[nH]c1=O. The first-order valence-corrected chi connectivity index (χ1v) is 4.19. The van der Waals surface area contributed by atoms with Crippen LogP contribution in [0.3, 0.4) is 0 Å². The highest BCUT2D eigenvalue weighted by atomic mass is 16.3. The maximum Gasteiger partial charge on any atom is 0.261 e. The van der Waals surface area contributed by atoms with Crippen molar-refractivity contribution >= 4 is 6.08 Å². The van der Waals surface area contributed by atoms with Crippen LogP contribution in [0.4, 0.5) is 0 Å². The summed E-state index contributed by atoms with van der Waals surface area (Å²) in [7, 11) is 0. The molecule has 7 heteroatoms. The summed E-state index contributed by atoms with van der Waals surface area (Å²) >= 11 is 0. The van der Waals surface area contributed by atoms with Gasteiger partial charge in [-0.3, -0.25) is 4.79 Å². The van der Waals surface area contributed by atoms with Crippen LogP contribution in [0.15, 0.2) is 22.3 Å². The van der Waals surface area contributed by atoms with Crippen molar-refractivity contribution in [2.24, 2.45) is 5.11 Å². The molecule has 0 aromatic carbocycles. The molecule has 78 valence electrons. The molecule has 1 rings (SSSR count). The van der Waals surface area contributed by atoms with E-state index in [0.29, 0.717) is 13.0 Å². The van der Waals surface area contributed by atoms with E-state index < -0.39 is 5.56 Å². The predicted molar refractivity (Wildman–Crippen MR) is 54.2 cm³/mol. The maximum absolute atomic E-state index is 11.2. The average Bonchev–Trinajstić information content (AvgIpc) is 2.21. The summed E-state index contributed by atoms with van der Waals surface area (Å²) in [5.74, 6) is -0.321. The molecule has 0 radical (unpaired) electrons. The Morgan fingerprint density at radius 2 is 2.53 bits per heavy atom. The summed E-state index contributed by atoms with van der Waals surface area (Å²) < 4.78 is 0. The Kier molecular flexibility index (Phi) is 3.93. The molecular weight excluding hydrogens is 198 g/mol. The molecule has 1 aromatic rings. The third-order valence-corrected chi connectivity index (χ3v) is 1.61. The summed E-state index contributed by atoms with van der Waals surface area (Å²) in [6.07, 6.45) is 4.68. The topological polar surface area (TPSA) is 115 Å². The van der Waals surface area contributed by atoms with Gasteiger partial charge in [-0.15, -0.1) is 0 Å². The Balaban J connectivity index is 2.72. The van der Waals surface area contributed by atoms with Crippen LogP contribution in [0.1, 0.15) is 12.0 Å². The fourth-order valence-electron chi connectivity index (χ4n) is 0.929. The summed E-state index contributed by atoms with van der Waals surface area (Å²) in [5, 5.41) is 12.5. The van der Waals surface area contributed by atoms with Crippen LogP contribution < -0.4 is 5.56 Å². The van der Waals surface area contributed by atoms with Gasteiger partial charge in [-0.05, 0) is 18.0 Å². The first-order chi connectivity index (χ1) is 7.25. The maximum atomic E-state index is 11.2. The molecule has 2 N–H and O–H groups in total. The normalized spacial score (nSPS) is 10.1. The second kappa shape index (κ2) is 5.46. The first kappa shape index (κ1) is 10.8. The lowest BCUT2D eigenvalue weighted by atomic mass is 10.2. The molecular formula is C8H9N5O2. The van der Waals surface area contributed by atoms with Crippen LogP contribution in [0, 0.1) is 0 Å². The second-order valence-corrected chi connectivity index (χ2v) is 2.61. The first-order valence-electron chi connectivity index (χ1n) is 4.19. The van der Waals surface area contributed by atoms with E-state index in [1.807, 2.05) is 0 Å². The number of H-pyrrole nitrogens is 1. The van der Waals surface area contributed by atoms with Crippen LogP contribution in [-0.2, 0) is 0 Å². The highest BCUT2D eigenvalue weighted by Gasteiger charge is 2.01. The standard InChI is InChI=1S/C8H9N5O2/c9-13-12-4-2-1-3-6-7(14)10-5-11-8(6)15/h1,3,5H,2,4H2,(H2,10,11,14,15). The van der Waals surface area contributed by atoms with E-state index in [-0.39, 0.29) is 11.4 Å². The number of aromatic amines is 1. The molecule has 0 saturated heterocycles. The van der Waals surface area contributed by atoms with Crippen LogP contribution in [0.5, 0.6) is 5.88 Å². The molecule has 0 saturated carbocycles. The molecule has 0 bridgehead atoms. The van der Waals surface area contributed by atoms with Crippen molar-refractivity contribution in [1.82, 2.24) is 9.97 Å². The van der Waals surface area contributed by atoms with Crippen LogP contribution in [0.25, 0.3) is 16.5 Å². The fourth-order valence-corrected chi connectivity index (χ4v) is 0.929. The number of nitrogens with zero attached hydrogens (tertiary/aromatic N) is 4. The molecule has 7 nitrogen and oxygen atoms in total. The van der Waals surface area contributed by atoms with Crippen molar-refractivity contribution in [2.75, 3.05) is 6.54 Å². The Morgan fingerprint density at radius 3 is 3.20 bits per heavy atom. The third-order valence-electron chi connectivity index (χ3n) is 1.61. The monoisotopic (exact) mass is 207 g/mol. The summed E-state index contributed by atoms with van der Waals surface area (Å²) in [5.41, 5.74) is 7.68. The van der Waals surface area contributed by atoms with Crippen LogP contribution >= 0.6 is 0 Å². The number of hydrogen-bond donors (Lipinski definition) is 2. The molecule has 0 spiro atoms. The fraction of sp³-hybridized carbons (Fsp3) is 0.250. The van der Waals surface area contributed by atoms with E-state index in [1.54, 1.807) is 6.08 Å². The van der Waals surface area contributed by atoms with Gasteiger partial charge in [-0.1, -0.05) is 11.2 Å². The van der Waals surface area contributed by atoms with Gasteiger partial charge in [0.15, 0.2) is 0 Å². The molecule has 1 aromatic heterocycles. The minimum Gasteiger partial charge on any atom is -0.493 e. The highest BCUT2D eigenvalue weighted by Crippen LogP contribution is 2.08. The van der Waals surface area contributed by atoms with E-state index in [9.17, 15) is 9.90 Å². The van der Waals surface area contributed by atoms with Gasteiger partial charge in [-0.2, -0.15) is 0 Å². The van der Waals surface area contributed by atoms with Gasteiger partial charge in [0, 0.05) is 11.5 Å². The lowest BCUT2D eigenvalue weighted by Crippen LogP contribution is -2.09. The molecule has 1 heterocycles. The number of nitrogens with one attached hydrogen (secondary N) is 1. The van der Waals surface area contributed by atoms with Crippen molar-refractivity contribution in [3.63, 3.8) is 0 Å². The van der Waals surface area contributed by atoms with Crippen molar-refractivity contribution in [3.8, 4) is 5.88 Å². The van der Waals surface area contributed by atoms with E-state index in [0.717, 1.165) is 6.33 Å². The van der Waals surface area contributed by atoms with E-state index >= 15 is 0 Å². The number of azide groups is 1. The second-order valence-electron chi connectivity index (χ2n) is 2.61. The predicted octanol–water partition coefficient (Wildman–Crippen LogP) is 1.19. The number of hydrogen-bond acceptors (Lipinski definition) is 4. The van der Waals surface area contributed by atoms with Crippen molar-refractivity contribution < 1.29 is 5.11 Å². The molecule has 0 aliphatic carbocycles. The smallest absolute Gasteiger partial charge is 0.261 e. The largest absolute Gasteiger partial charge is 0.493 e. The highest BCUT2D eigenvalue weighted by molar-refractivity contribution is 5.52. The summed E-state index contributed by atoms with van der Waals surface area (Å²) in [4.78, 5) is 19.6. The molecule has 0 atom stereocenters. The molecule has 0 aliphatic heterocycles. The Labute approximate surface area is 84.7 Å². The van der Waals surface area contributed by atoms with Crippen LogP contribution in [-0.4, -0.2) is 21.6 Å². The van der Waals surface area contributed by atoms with Crippen LogP contribution in [0.2, 0.25) is 0 Å². The van der Waals surface area contributed by atoms with Gasteiger partial charge in [0.2, 0.25) is 5.88 Å². The molecule has 15 heavy (non-hydrogen) atoms. The zero-order valence-electron chi connectivity index (χ0n) is 7.79. The lowest BCUT2D eigenvalue weighted by Gasteiger charge is -1.94. The Hall–Kier alpha value is -2.27. The van der Waals surface area contributed by atoms with Crippen molar-refractivity contribution in [3.05, 3.63) is 38.8 Å². The zero-order valence-corrected chi connectivity index (χ0v) is 7.79. The molecule has 0 unspecified atom stereocenters. The van der Waals surface area contributed by atoms with Gasteiger partial charge in [-0.25, -0.2) is 4.98 Å². The van der Waals surface area contributed by atoms with E-state index in [4.69, 9.17) is 5.53 Å². The Morgan fingerprint density at radius 1 is 1.73 bits per heavy atom. The number of rotatable bonds is 4. The van der Waals surface area contributed by atoms with E-state index in [2.05, 4.69) is 20.0 Å². The number of aromatic hydroxyl groups is 1. The third kappa shape index (κ3) is 3.17. The molecule has 0 fully saturated rings. The average molecular weight is 207 g/mol. The van der Waals surface area contributed by atoms with Gasteiger partial charge < -0.3 is 10.1 Å². The Bertz CT molecular complexity index is 458. The van der Waals surface area contributed by atoms with E-state index in [1.165, 1.54) is 6.08 Å². The minimum atomic E-state index is -0.414. The summed E-state index contributed by atoms with van der Waals surface area (Å²) in [6, 6.07) is 0.